The lowest BCUT2D eigenvalue weighted by molar-refractivity contribution is -0.143. The van der Waals surface area contributed by atoms with Crippen LogP contribution < -0.4 is 0 Å². The lowest BCUT2D eigenvalue weighted by Gasteiger charge is -2.55. The molecule has 0 aliphatic heterocycles. The number of rotatable bonds is 1. The predicted octanol–water partition coefficient (Wildman–Crippen LogP) is 3.11. The third kappa shape index (κ3) is 2.39. The van der Waals surface area contributed by atoms with Crippen molar-refractivity contribution in [3.63, 3.8) is 0 Å². The van der Waals surface area contributed by atoms with Gasteiger partial charge in [0, 0.05) is 0 Å². The van der Waals surface area contributed by atoms with Gasteiger partial charge in [0.25, 0.3) is 0 Å². The van der Waals surface area contributed by atoms with Gasteiger partial charge in [-0.05, 0) is 70.1 Å². The van der Waals surface area contributed by atoms with Crippen molar-refractivity contribution >= 4 is 0 Å². The number of hydrogen-bond acceptors (Lipinski definition) is 2. The maximum Gasteiger partial charge on any atom is 0.0653 e. The summed E-state index contributed by atoms with van der Waals surface area (Å²) in [6.45, 7) is 8.17. The minimum absolute atomic E-state index is 0.295. The van der Waals surface area contributed by atoms with Crippen molar-refractivity contribution in [2.24, 2.45) is 17.3 Å². The van der Waals surface area contributed by atoms with Gasteiger partial charge in [0.1, 0.15) is 0 Å². The average Bonchev–Trinajstić information content (AvgIpc) is 2.14. The Hall–Kier alpha value is -0.0800. The summed E-state index contributed by atoms with van der Waals surface area (Å²) in [5.74, 6) is 0.694. The van der Waals surface area contributed by atoms with Gasteiger partial charge in [0.05, 0.1) is 11.2 Å². The van der Waals surface area contributed by atoms with E-state index in [9.17, 15) is 10.2 Å². The highest BCUT2D eigenvalue weighted by molar-refractivity contribution is 5.03. The van der Waals surface area contributed by atoms with E-state index in [1.165, 1.54) is 6.42 Å². The van der Waals surface area contributed by atoms with Crippen LogP contribution in [-0.2, 0) is 0 Å². The molecule has 0 unspecified atom stereocenters. The summed E-state index contributed by atoms with van der Waals surface area (Å²) >= 11 is 0. The van der Waals surface area contributed by atoms with Crippen LogP contribution in [0, 0.1) is 17.3 Å². The molecule has 100 valence electrons. The molecule has 2 aliphatic carbocycles. The van der Waals surface area contributed by atoms with Crippen LogP contribution in [0.4, 0.5) is 0 Å². The van der Waals surface area contributed by atoms with Crippen molar-refractivity contribution in [1.29, 1.82) is 0 Å². The maximum atomic E-state index is 10.6. The van der Waals surface area contributed by atoms with Crippen LogP contribution in [0.1, 0.15) is 66.2 Å². The van der Waals surface area contributed by atoms with Gasteiger partial charge in [-0.15, -0.1) is 0 Å². The molecule has 2 N–H and O–H groups in total. The number of hydrogen-bond donors (Lipinski definition) is 2. The van der Waals surface area contributed by atoms with Gasteiger partial charge < -0.3 is 10.2 Å². The molecule has 2 heteroatoms. The van der Waals surface area contributed by atoms with Crippen LogP contribution >= 0.6 is 0 Å². The second kappa shape index (κ2) is 3.96. The molecule has 2 nitrogen and oxygen atoms in total. The van der Waals surface area contributed by atoms with Crippen molar-refractivity contribution < 1.29 is 10.2 Å². The van der Waals surface area contributed by atoms with E-state index in [1.54, 1.807) is 0 Å². The molecule has 0 aromatic carbocycles. The summed E-state index contributed by atoms with van der Waals surface area (Å²) in [6.07, 6.45) is 6.55. The van der Waals surface area contributed by atoms with Crippen LogP contribution in [0.5, 0.6) is 0 Å². The predicted molar refractivity (Wildman–Crippen MR) is 69.7 cm³/mol. The Labute approximate surface area is 105 Å². The van der Waals surface area contributed by atoms with E-state index >= 15 is 0 Å². The Morgan fingerprint density at radius 2 is 1.76 bits per heavy atom. The quantitative estimate of drug-likeness (QED) is 0.739. The largest absolute Gasteiger partial charge is 0.390 e. The first-order valence-corrected chi connectivity index (χ1v) is 7.10. The molecule has 0 aromatic rings. The third-order valence-corrected chi connectivity index (χ3v) is 5.61. The van der Waals surface area contributed by atoms with E-state index in [4.69, 9.17) is 0 Å². The van der Waals surface area contributed by atoms with E-state index in [0.717, 1.165) is 32.1 Å². The molecule has 0 amide bonds. The molecule has 4 atom stereocenters. The first-order valence-electron chi connectivity index (χ1n) is 7.10. The molecule has 2 fully saturated rings. The Balaban J connectivity index is 2.20. The lowest BCUT2D eigenvalue weighted by Crippen LogP contribution is -2.53. The van der Waals surface area contributed by atoms with Crippen LogP contribution in [0.25, 0.3) is 0 Å². The minimum atomic E-state index is -0.602. The maximum absolute atomic E-state index is 10.6. The van der Waals surface area contributed by atoms with Gasteiger partial charge in [0.15, 0.2) is 0 Å². The molecule has 0 saturated heterocycles. The zero-order chi connectivity index (χ0) is 12.9. The molecule has 17 heavy (non-hydrogen) atoms. The normalized spacial score (nSPS) is 47.6. The Bertz CT molecular complexity index is 290. The Kier molecular flexibility index (Phi) is 3.11. The zero-order valence-electron chi connectivity index (χ0n) is 11.8. The second-order valence-electron chi connectivity index (χ2n) is 7.54. The van der Waals surface area contributed by atoms with Crippen molar-refractivity contribution in [3.05, 3.63) is 0 Å². The van der Waals surface area contributed by atoms with Crippen molar-refractivity contribution in [1.82, 2.24) is 0 Å². The fourth-order valence-corrected chi connectivity index (χ4v) is 4.33. The van der Waals surface area contributed by atoms with Gasteiger partial charge in [-0.3, -0.25) is 0 Å². The van der Waals surface area contributed by atoms with Gasteiger partial charge in [-0.2, -0.15) is 0 Å². The van der Waals surface area contributed by atoms with Crippen LogP contribution in [0.3, 0.4) is 0 Å². The number of aliphatic hydroxyl groups is 2. The smallest absolute Gasteiger partial charge is 0.0653 e. The Morgan fingerprint density at radius 1 is 1.12 bits per heavy atom. The van der Waals surface area contributed by atoms with E-state index < -0.39 is 11.2 Å². The van der Waals surface area contributed by atoms with Crippen LogP contribution in [0.15, 0.2) is 0 Å². The molecule has 0 aromatic heterocycles. The SMILES string of the molecule is CC(C)(O)[C@@H]1CC[C@]2(C)CCC[C@@](C)(O)[C@@H]2C1. The van der Waals surface area contributed by atoms with E-state index in [0.29, 0.717) is 17.3 Å². The first kappa shape index (κ1) is 13.4. The number of fused-ring (bicyclic) bond motifs is 1. The summed E-state index contributed by atoms with van der Waals surface area (Å²) in [4.78, 5) is 0. The molecule has 2 rings (SSSR count). The fourth-order valence-electron chi connectivity index (χ4n) is 4.33. The highest BCUT2D eigenvalue weighted by Gasteiger charge is 2.52. The highest BCUT2D eigenvalue weighted by Crippen LogP contribution is 2.56. The van der Waals surface area contributed by atoms with E-state index in [-0.39, 0.29) is 0 Å². The first-order chi connectivity index (χ1) is 7.65. The fraction of sp³-hybridized carbons (Fsp3) is 1.00. The molecular weight excluding hydrogens is 212 g/mol. The van der Waals surface area contributed by atoms with Gasteiger partial charge in [0.2, 0.25) is 0 Å². The minimum Gasteiger partial charge on any atom is -0.390 e. The standard InChI is InChI=1S/C15H28O2/c1-13(2,16)11-6-9-14(3)7-5-8-15(4,17)12(14)10-11/h11-12,16-17H,5-10H2,1-4H3/t11-,12-,14+,15-/m1/s1. The Morgan fingerprint density at radius 3 is 2.35 bits per heavy atom. The summed E-state index contributed by atoms with van der Waals surface area (Å²) in [5.41, 5.74) is -0.838. The lowest BCUT2D eigenvalue weighted by atomic mass is 9.52. The molecular formula is C15H28O2. The van der Waals surface area contributed by atoms with E-state index in [2.05, 4.69) is 6.92 Å². The molecule has 2 aliphatic rings. The molecule has 0 bridgehead atoms. The summed E-state index contributed by atoms with van der Waals surface area (Å²) in [5, 5.41) is 20.8. The third-order valence-electron chi connectivity index (χ3n) is 5.61. The van der Waals surface area contributed by atoms with E-state index in [1.807, 2.05) is 20.8 Å². The van der Waals surface area contributed by atoms with Crippen molar-refractivity contribution in [2.45, 2.75) is 77.4 Å². The van der Waals surface area contributed by atoms with Crippen LogP contribution in [0.2, 0.25) is 0 Å². The average molecular weight is 240 g/mol. The van der Waals surface area contributed by atoms with Gasteiger partial charge in [-0.25, -0.2) is 0 Å². The van der Waals surface area contributed by atoms with Crippen molar-refractivity contribution in [2.75, 3.05) is 0 Å². The molecule has 0 spiro atoms. The summed E-state index contributed by atoms with van der Waals surface area (Å²) < 4.78 is 0. The summed E-state index contributed by atoms with van der Waals surface area (Å²) in [6, 6.07) is 0. The molecule has 2 saturated carbocycles. The van der Waals surface area contributed by atoms with Crippen LogP contribution in [-0.4, -0.2) is 21.4 Å². The monoisotopic (exact) mass is 240 g/mol. The summed E-state index contributed by atoms with van der Waals surface area (Å²) in [7, 11) is 0. The topological polar surface area (TPSA) is 40.5 Å². The van der Waals surface area contributed by atoms with Gasteiger partial charge in [-0.1, -0.05) is 13.3 Å². The molecule has 0 radical (unpaired) electrons. The van der Waals surface area contributed by atoms with Gasteiger partial charge >= 0.3 is 0 Å². The zero-order valence-corrected chi connectivity index (χ0v) is 11.8. The second-order valence-corrected chi connectivity index (χ2v) is 7.54. The van der Waals surface area contributed by atoms with Crippen molar-refractivity contribution in [3.8, 4) is 0 Å². The molecule has 0 heterocycles. The highest BCUT2D eigenvalue weighted by atomic mass is 16.3.